The number of nitrogens with zero attached hydrogens (tertiary/aromatic N) is 3. The molecule has 0 aliphatic carbocycles. The van der Waals surface area contributed by atoms with Crippen molar-refractivity contribution in [3.8, 4) is 0 Å². The molecular weight excluding hydrogens is 264 g/mol. The Kier molecular flexibility index (Phi) is 5.99. The first-order valence-corrected chi connectivity index (χ1v) is 7.88. The molecule has 1 atom stereocenters. The van der Waals surface area contributed by atoms with E-state index in [1.165, 1.54) is 37.7 Å². The van der Waals surface area contributed by atoms with Crippen molar-refractivity contribution in [2.45, 2.75) is 45.6 Å². The zero-order valence-corrected chi connectivity index (χ0v) is 12.8. The monoisotopic (exact) mass is 290 g/mol. The molecule has 2 heterocycles. The maximum atomic E-state index is 8.73. The summed E-state index contributed by atoms with van der Waals surface area (Å²) in [5, 5.41) is 11.7. The van der Waals surface area contributed by atoms with E-state index in [9.17, 15) is 0 Å². The van der Waals surface area contributed by atoms with E-state index in [2.05, 4.69) is 22.0 Å². The van der Waals surface area contributed by atoms with Crippen LogP contribution in [0.1, 0.15) is 50.3 Å². The number of hydrogen-bond acceptors (Lipinski definition) is 4. The van der Waals surface area contributed by atoms with Crippen LogP contribution in [0.25, 0.3) is 0 Å². The maximum Gasteiger partial charge on any atom is 0.188 e. The van der Waals surface area contributed by atoms with E-state index >= 15 is 0 Å². The van der Waals surface area contributed by atoms with E-state index in [1.54, 1.807) is 6.20 Å². The van der Waals surface area contributed by atoms with Gasteiger partial charge in [0.05, 0.1) is 0 Å². The molecule has 0 saturated carbocycles. The zero-order chi connectivity index (χ0) is 15.1. The highest BCUT2D eigenvalue weighted by Gasteiger charge is 2.16. The van der Waals surface area contributed by atoms with Crippen LogP contribution in [0.15, 0.2) is 23.5 Å². The molecule has 2 rings (SSSR count). The summed E-state index contributed by atoms with van der Waals surface area (Å²) in [5.74, 6) is 0.959. The number of amidine groups is 1. The van der Waals surface area contributed by atoms with E-state index in [4.69, 9.17) is 10.9 Å². The number of hydrogen-bond donors (Lipinski definition) is 2. The number of oxime groups is 1. The molecule has 116 valence electrons. The molecule has 21 heavy (non-hydrogen) atoms. The van der Waals surface area contributed by atoms with Gasteiger partial charge in [-0.1, -0.05) is 24.9 Å². The first-order valence-electron chi connectivity index (χ1n) is 7.88. The smallest absolute Gasteiger partial charge is 0.188 e. The quantitative estimate of drug-likeness (QED) is 0.378. The summed E-state index contributed by atoms with van der Waals surface area (Å²) >= 11 is 0. The lowest BCUT2D eigenvalue weighted by Gasteiger charge is -2.20. The highest BCUT2D eigenvalue weighted by molar-refractivity contribution is 5.95. The SMILES string of the molecule is CCCC1CCCN(Cc2ccnc(C(N)=NO)c2)CC1. The van der Waals surface area contributed by atoms with Crippen LogP contribution in [0.5, 0.6) is 0 Å². The number of rotatable bonds is 5. The van der Waals surface area contributed by atoms with Gasteiger partial charge in [0.15, 0.2) is 5.84 Å². The van der Waals surface area contributed by atoms with Crippen LogP contribution in [-0.2, 0) is 6.54 Å². The summed E-state index contributed by atoms with van der Waals surface area (Å²) in [4.78, 5) is 6.62. The fourth-order valence-corrected chi connectivity index (χ4v) is 3.10. The molecule has 0 amide bonds. The van der Waals surface area contributed by atoms with Gasteiger partial charge in [-0.15, -0.1) is 0 Å². The van der Waals surface area contributed by atoms with Crippen molar-refractivity contribution in [2.24, 2.45) is 16.8 Å². The van der Waals surface area contributed by atoms with Crippen LogP contribution in [-0.4, -0.2) is 34.0 Å². The molecular formula is C16H26N4O. The summed E-state index contributed by atoms with van der Waals surface area (Å²) < 4.78 is 0. The molecule has 1 saturated heterocycles. The van der Waals surface area contributed by atoms with Crippen molar-refractivity contribution >= 4 is 5.84 Å². The summed E-state index contributed by atoms with van der Waals surface area (Å²) in [5.41, 5.74) is 7.30. The van der Waals surface area contributed by atoms with Crippen LogP contribution >= 0.6 is 0 Å². The van der Waals surface area contributed by atoms with Gasteiger partial charge in [-0.3, -0.25) is 9.88 Å². The van der Waals surface area contributed by atoms with Crippen molar-refractivity contribution in [3.63, 3.8) is 0 Å². The number of aromatic nitrogens is 1. The lowest BCUT2D eigenvalue weighted by molar-refractivity contribution is 0.271. The molecule has 1 aliphatic rings. The second-order valence-corrected chi connectivity index (χ2v) is 5.90. The average Bonchev–Trinajstić information content (AvgIpc) is 2.73. The summed E-state index contributed by atoms with van der Waals surface area (Å²) in [6.45, 7) is 5.49. The molecule has 5 nitrogen and oxygen atoms in total. The third-order valence-corrected chi connectivity index (χ3v) is 4.24. The molecule has 5 heteroatoms. The fraction of sp³-hybridized carbons (Fsp3) is 0.625. The highest BCUT2D eigenvalue weighted by atomic mass is 16.4. The molecule has 1 fully saturated rings. The number of likely N-dealkylation sites (tertiary alicyclic amines) is 1. The van der Waals surface area contributed by atoms with E-state index in [0.717, 1.165) is 25.6 Å². The minimum atomic E-state index is 0.0655. The van der Waals surface area contributed by atoms with Gasteiger partial charge < -0.3 is 10.9 Å². The third-order valence-electron chi connectivity index (χ3n) is 4.24. The molecule has 1 aromatic rings. The van der Waals surface area contributed by atoms with Crippen molar-refractivity contribution in [1.82, 2.24) is 9.88 Å². The van der Waals surface area contributed by atoms with Gasteiger partial charge in [-0.05, 0) is 56.0 Å². The molecule has 3 N–H and O–H groups in total. The van der Waals surface area contributed by atoms with E-state index in [0.29, 0.717) is 5.69 Å². The maximum absolute atomic E-state index is 8.73. The Labute approximate surface area is 126 Å². The van der Waals surface area contributed by atoms with Gasteiger partial charge in [0.25, 0.3) is 0 Å². The van der Waals surface area contributed by atoms with Gasteiger partial charge in [0.2, 0.25) is 0 Å². The van der Waals surface area contributed by atoms with Crippen LogP contribution in [0, 0.1) is 5.92 Å². The molecule has 1 aliphatic heterocycles. The third kappa shape index (κ3) is 4.70. The van der Waals surface area contributed by atoms with E-state index < -0.39 is 0 Å². The van der Waals surface area contributed by atoms with Crippen molar-refractivity contribution in [3.05, 3.63) is 29.6 Å². The predicted molar refractivity (Wildman–Crippen MR) is 84.3 cm³/mol. The zero-order valence-electron chi connectivity index (χ0n) is 12.8. The topological polar surface area (TPSA) is 74.7 Å². The first kappa shape index (κ1) is 15.8. The molecule has 0 spiro atoms. The van der Waals surface area contributed by atoms with Gasteiger partial charge in [0, 0.05) is 12.7 Å². The van der Waals surface area contributed by atoms with Crippen molar-refractivity contribution in [1.29, 1.82) is 0 Å². The Bertz CT molecular complexity index is 475. The minimum Gasteiger partial charge on any atom is -0.409 e. The second-order valence-electron chi connectivity index (χ2n) is 5.90. The fourth-order valence-electron chi connectivity index (χ4n) is 3.10. The minimum absolute atomic E-state index is 0.0655. The van der Waals surface area contributed by atoms with Crippen LogP contribution in [0.4, 0.5) is 0 Å². The Morgan fingerprint density at radius 3 is 3.10 bits per heavy atom. The molecule has 0 radical (unpaired) electrons. The van der Waals surface area contributed by atoms with Gasteiger partial charge in [0.1, 0.15) is 5.69 Å². The van der Waals surface area contributed by atoms with Crippen LogP contribution in [0.2, 0.25) is 0 Å². The predicted octanol–water partition coefficient (Wildman–Crippen LogP) is 2.58. The number of nitrogens with two attached hydrogens (primary N) is 1. The Morgan fingerprint density at radius 2 is 2.33 bits per heavy atom. The summed E-state index contributed by atoms with van der Waals surface area (Å²) in [7, 11) is 0. The van der Waals surface area contributed by atoms with E-state index in [-0.39, 0.29) is 5.84 Å². The highest BCUT2D eigenvalue weighted by Crippen LogP contribution is 2.22. The number of pyridine rings is 1. The Hall–Kier alpha value is -1.62. The van der Waals surface area contributed by atoms with Crippen LogP contribution < -0.4 is 5.73 Å². The molecule has 0 aromatic carbocycles. The van der Waals surface area contributed by atoms with Gasteiger partial charge in [-0.2, -0.15) is 0 Å². The molecule has 1 unspecified atom stereocenters. The van der Waals surface area contributed by atoms with Crippen molar-refractivity contribution < 1.29 is 5.21 Å². The lowest BCUT2D eigenvalue weighted by Crippen LogP contribution is -2.24. The van der Waals surface area contributed by atoms with E-state index in [1.807, 2.05) is 12.1 Å². The summed E-state index contributed by atoms with van der Waals surface area (Å²) in [6.07, 6.45) is 8.31. The largest absolute Gasteiger partial charge is 0.409 e. The molecule has 0 bridgehead atoms. The van der Waals surface area contributed by atoms with Gasteiger partial charge >= 0.3 is 0 Å². The Balaban J connectivity index is 1.95. The normalized spacial score (nSPS) is 21.2. The lowest BCUT2D eigenvalue weighted by atomic mass is 9.96. The van der Waals surface area contributed by atoms with Crippen LogP contribution in [0.3, 0.4) is 0 Å². The first-order chi connectivity index (χ1) is 10.2. The average molecular weight is 290 g/mol. The Morgan fingerprint density at radius 1 is 1.48 bits per heavy atom. The van der Waals surface area contributed by atoms with Gasteiger partial charge in [-0.25, -0.2) is 0 Å². The molecule has 1 aromatic heterocycles. The second kappa shape index (κ2) is 7.98. The standard InChI is InChI=1S/C16H26N4O/c1-2-4-13-5-3-9-20(10-7-13)12-14-6-8-18-15(11-14)16(17)19-21/h6,8,11,13,21H,2-5,7,9-10,12H2,1H3,(H2,17,19). The summed E-state index contributed by atoms with van der Waals surface area (Å²) in [6, 6.07) is 3.91. The van der Waals surface area contributed by atoms with Crippen molar-refractivity contribution in [2.75, 3.05) is 13.1 Å².